The molecule has 0 amide bonds. The molecule has 2 atom stereocenters. The van der Waals surface area contributed by atoms with Crippen LogP contribution in [-0.2, 0) is 22.4 Å². The van der Waals surface area contributed by atoms with Crippen molar-refractivity contribution in [1.29, 1.82) is 0 Å². The number of aromatic hydroxyl groups is 2. The molecule has 30 heavy (non-hydrogen) atoms. The first-order valence-electron chi connectivity index (χ1n) is 9.93. The first kappa shape index (κ1) is 23.2. The van der Waals surface area contributed by atoms with Gasteiger partial charge in [0.15, 0.2) is 23.0 Å². The molecule has 1 saturated heterocycles. The van der Waals surface area contributed by atoms with Crippen molar-refractivity contribution >= 4 is 5.97 Å². The van der Waals surface area contributed by atoms with Crippen LogP contribution in [0.4, 0.5) is 0 Å². The van der Waals surface area contributed by atoms with Gasteiger partial charge in [0, 0.05) is 5.92 Å². The van der Waals surface area contributed by atoms with Crippen molar-refractivity contribution in [3.05, 3.63) is 41.5 Å². The van der Waals surface area contributed by atoms with E-state index in [9.17, 15) is 15.0 Å². The minimum absolute atomic E-state index is 0.0208. The summed E-state index contributed by atoms with van der Waals surface area (Å²) in [6.45, 7) is 4.33. The Morgan fingerprint density at radius 1 is 0.900 bits per heavy atom. The van der Waals surface area contributed by atoms with E-state index in [0.717, 1.165) is 11.1 Å². The van der Waals surface area contributed by atoms with E-state index in [4.69, 9.17) is 18.9 Å². The number of hydrogen-bond acceptors (Lipinski definition) is 7. The Hall–Kier alpha value is -3.09. The number of carbonyl (C=O) groups excluding carboxylic acids is 1. The minimum Gasteiger partial charge on any atom is -0.504 e. The molecule has 164 valence electrons. The second-order valence-corrected chi connectivity index (χ2v) is 6.76. The largest absolute Gasteiger partial charge is 0.504 e. The number of esters is 1. The molecule has 0 aliphatic carbocycles. The second kappa shape index (κ2) is 10.6. The normalized spacial score (nSPS) is 17.6. The van der Waals surface area contributed by atoms with Gasteiger partial charge in [-0.1, -0.05) is 19.9 Å². The Balaban J connectivity index is 0.00000155. The van der Waals surface area contributed by atoms with Gasteiger partial charge >= 0.3 is 5.97 Å². The molecular formula is C23H30O7. The van der Waals surface area contributed by atoms with Gasteiger partial charge in [-0.25, -0.2) is 0 Å². The van der Waals surface area contributed by atoms with Crippen molar-refractivity contribution in [2.75, 3.05) is 27.9 Å². The molecule has 0 saturated carbocycles. The number of ether oxygens (including phenoxy) is 4. The highest BCUT2D eigenvalue weighted by atomic mass is 16.5. The Morgan fingerprint density at radius 2 is 1.47 bits per heavy atom. The first-order chi connectivity index (χ1) is 14.5. The molecule has 1 heterocycles. The van der Waals surface area contributed by atoms with E-state index in [-0.39, 0.29) is 29.3 Å². The van der Waals surface area contributed by atoms with Gasteiger partial charge in [-0.05, 0) is 48.2 Å². The van der Waals surface area contributed by atoms with Gasteiger partial charge in [-0.3, -0.25) is 4.79 Å². The summed E-state index contributed by atoms with van der Waals surface area (Å²) in [7, 11) is 4.42. The highest BCUT2D eigenvalue weighted by Gasteiger charge is 2.37. The van der Waals surface area contributed by atoms with Gasteiger partial charge in [0.05, 0.1) is 33.9 Å². The zero-order chi connectivity index (χ0) is 22.3. The SMILES string of the molecule is CC.COc1cc(CC2COC(=O)C2Cc2cc(OC)c(O)c(OC)c2)ccc1O. The average molecular weight is 418 g/mol. The van der Waals surface area contributed by atoms with E-state index < -0.39 is 0 Å². The van der Waals surface area contributed by atoms with Gasteiger partial charge in [-0.2, -0.15) is 0 Å². The van der Waals surface area contributed by atoms with Crippen LogP contribution < -0.4 is 14.2 Å². The second-order valence-electron chi connectivity index (χ2n) is 6.76. The number of methoxy groups -OCH3 is 3. The minimum atomic E-state index is -0.334. The van der Waals surface area contributed by atoms with Crippen LogP contribution in [0, 0.1) is 11.8 Å². The van der Waals surface area contributed by atoms with Crippen LogP contribution in [0.3, 0.4) is 0 Å². The van der Waals surface area contributed by atoms with Gasteiger partial charge in [0.2, 0.25) is 5.75 Å². The summed E-state index contributed by atoms with van der Waals surface area (Å²) < 4.78 is 20.9. The summed E-state index contributed by atoms with van der Waals surface area (Å²) in [5.41, 5.74) is 1.76. The summed E-state index contributed by atoms with van der Waals surface area (Å²) in [6.07, 6.45) is 1.05. The van der Waals surface area contributed by atoms with Crippen LogP contribution in [0.5, 0.6) is 28.7 Å². The van der Waals surface area contributed by atoms with E-state index in [2.05, 4.69) is 0 Å². The number of benzene rings is 2. The molecule has 1 aliphatic heterocycles. The molecule has 2 aromatic rings. The predicted octanol–water partition coefficient (Wildman–Crippen LogP) is 3.72. The van der Waals surface area contributed by atoms with Gasteiger partial charge in [-0.15, -0.1) is 0 Å². The molecule has 2 N–H and O–H groups in total. The van der Waals surface area contributed by atoms with Gasteiger partial charge in [0.25, 0.3) is 0 Å². The highest BCUT2D eigenvalue weighted by molar-refractivity contribution is 5.75. The maximum atomic E-state index is 12.3. The Bertz CT molecular complexity index is 838. The van der Waals surface area contributed by atoms with Crippen molar-refractivity contribution in [3.8, 4) is 28.7 Å². The smallest absolute Gasteiger partial charge is 0.309 e. The first-order valence-corrected chi connectivity index (χ1v) is 9.93. The molecule has 7 nitrogen and oxygen atoms in total. The molecule has 0 spiro atoms. The molecule has 2 aromatic carbocycles. The summed E-state index contributed by atoms with van der Waals surface area (Å²) in [6, 6.07) is 8.55. The summed E-state index contributed by atoms with van der Waals surface area (Å²) >= 11 is 0. The molecule has 1 aliphatic rings. The van der Waals surface area contributed by atoms with Gasteiger partial charge < -0.3 is 29.2 Å². The maximum absolute atomic E-state index is 12.3. The predicted molar refractivity (Wildman–Crippen MR) is 113 cm³/mol. The van der Waals surface area contributed by atoms with Crippen LogP contribution in [-0.4, -0.2) is 44.1 Å². The zero-order valence-corrected chi connectivity index (χ0v) is 18.1. The van der Waals surface area contributed by atoms with E-state index in [1.54, 1.807) is 24.3 Å². The van der Waals surface area contributed by atoms with Crippen molar-refractivity contribution in [2.24, 2.45) is 11.8 Å². The fraction of sp³-hybridized carbons (Fsp3) is 0.435. The number of carbonyl (C=O) groups is 1. The van der Waals surface area contributed by atoms with Crippen LogP contribution in [0.25, 0.3) is 0 Å². The Labute approximate surface area is 177 Å². The molecular weight excluding hydrogens is 388 g/mol. The van der Waals surface area contributed by atoms with Crippen LogP contribution in [0.15, 0.2) is 30.3 Å². The standard InChI is InChI=1S/C21H24O7.C2H6/c1-25-17-8-12(4-5-16(17)22)6-14-11-28-21(24)15(14)7-13-9-18(26-2)20(23)19(10-13)27-3;1-2/h4-5,8-10,14-15,22-23H,6-7,11H2,1-3H3;1-2H3. The van der Waals surface area contributed by atoms with Gasteiger partial charge in [0.1, 0.15) is 0 Å². The van der Waals surface area contributed by atoms with E-state index in [1.807, 2.05) is 19.9 Å². The third-order valence-corrected chi connectivity index (χ3v) is 5.05. The third kappa shape index (κ3) is 5.09. The quantitative estimate of drug-likeness (QED) is 0.662. The lowest BCUT2D eigenvalue weighted by molar-refractivity contribution is -0.141. The lowest BCUT2D eigenvalue weighted by Gasteiger charge is -2.17. The molecule has 2 unspecified atom stereocenters. The molecule has 0 aromatic heterocycles. The summed E-state index contributed by atoms with van der Waals surface area (Å²) in [4.78, 5) is 12.3. The van der Waals surface area contributed by atoms with Crippen LogP contribution in [0.2, 0.25) is 0 Å². The summed E-state index contributed by atoms with van der Waals surface area (Å²) in [5, 5.41) is 19.8. The molecule has 1 fully saturated rings. The topological polar surface area (TPSA) is 94.5 Å². The van der Waals surface area contributed by atoms with Crippen molar-refractivity contribution < 1.29 is 34.0 Å². The van der Waals surface area contributed by atoms with Crippen molar-refractivity contribution in [2.45, 2.75) is 26.7 Å². The maximum Gasteiger partial charge on any atom is 0.309 e. The zero-order valence-electron chi connectivity index (χ0n) is 18.1. The lowest BCUT2D eigenvalue weighted by Crippen LogP contribution is -2.20. The lowest BCUT2D eigenvalue weighted by atomic mass is 9.85. The number of cyclic esters (lactones) is 1. The molecule has 0 radical (unpaired) electrons. The fourth-order valence-electron chi connectivity index (χ4n) is 3.53. The van der Waals surface area contributed by atoms with E-state index >= 15 is 0 Å². The molecule has 7 heteroatoms. The third-order valence-electron chi connectivity index (χ3n) is 5.05. The molecule has 0 bridgehead atoms. The summed E-state index contributed by atoms with van der Waals surface area (Å²) in [5.74, 6) is 0.377. The number of hydrogen-bond donors (Lipinski definition) is 2. The fourth-order valence-corrected chi connectivity index (χ4v) is 3.53. The van der Waals surface area contributed by atoms with Crippen molar-refractivity contribution in [1.82, 2.24) is 0 Å². The highest BCUT2D eigenvalue weighted by Crippen LogP contribution is 2.39. The van der Waals surface area contributed by atoms with Crippen LogP contribution in [0.1, 0.15) is 25.0 Å². The number of phenolic OH excluding ortho intramolecular Hbond substituents is 2. The van der Waals surface area contributed by atoms with Crippen molar-refractivity contribution in [3.63, 3.8) is 0 Å². The van der Waals surface area contributed by atoms with Crippen LogP contribution >= 0.6 is 0 Å². The average Bonchev–Trinajstić information content (AvgIpc) is 3.10. The Kier molecular flexibility index (Phi) is 8.21. The van der Waals surface area contributed by atoms with E-state index in [1.165, 1.54) is 21.3 Å². The Morgan fingerprint density at radius 3 is 2.03 bits per heavy atom. The molecule has 3 rings (SSSR count). The number of phenols is 2. The van der Waals surface area contributed by atoms with E-state index in [0.29, 0.717) is 36.7 Å². The monoisotopic (exact) mass is 418 g/mol. The number of rotatable bonds is 7.